The lowest BCUT2D eigenvalue weighted by Crippen LogP contribution is -1.98. The fraction of sp³-hybridized carbons (Fsp3) is 0.294. The third kappa shape index (κ3) is 5.15. The van der Waals surface area contributed by atoms with Gasteiger partial charge in [-0.1, -0.05) is 60.7 Å². The zero-order valence-corrected chi connectivity index (χ0v) is 11.3. The number of hydrogen-bond donors (Lipinski definition) is 1. The SMILES string of the molecule is C=C/C(=C\CC=C(C)C)CC(O)c1ccccc1. The highest BCUT2D eigenvalue weighted by Crippen LogP contribution is 2.21. The van der Waals surface area contributed by atoms with Crippen molar-refractivity contribution in [3.8, 4) is 0 Å². The van der Waals surface area contributed by atoms with Crippen LogP contribution in [0.2, 0.25) is 0 Å². The molecule has 18 heavy (non-hydrogen) atoms. The minimum atomic E-state index is -0.456. The van der Waals surface area contributed by atoms with E-state index in [1.165, 1.54) is 5.57 Å². The van der Waals surface area contributed by atoms with E-state index < -0.39 is 6.10 Å². The molecule has 0 amide bonds. The van der Waals surface area contributed by atoms with E-state index >= 15 is 0 Å². The van der Waals surface area contributed by atoms with Crippen molar-refractivity contribution in [1.29, 1.82) is 0 Å². The molecule has 1 atom stereocenters. The first-order valence-corrected chi connectivity index (χ1v) is 6.31. The summed E-state index contributed by atoms with van der Waals surface area (Å²) < 4.78 is 0. The Kier molecular flexibility index (Phi) is 6.16. The Morgan fingerprint density at radius 1 is 1.22 bits per heavy atom. The Hall–Kier alpha value is -1.60. The van der Waals surface area contributed by atoms with Crippen molar-refractivity contribution >= 4 is 0 Å². The number of aliphatic hydroxyl groups excluding tert-OH is 1. The molecule has 96 valence electrons. The Bertz CT molecular complexity index is 422. The summed E-state index contributed by atoms with van der Waals surface area (Å²) in [7, 11) is 0. The second-order valence-corrected chi connectivity index (χ2v) is 4.63. The van der Waals surface area contributed by atoms with Crippen LogP contribution < -0.4 is 0 Å². The van der Waals surface area contributed by atoms with Gasteiger partial charge in [-0.15, -0.1) is 0 Å². The first kappa shape index (κ1) is 14.5. The van der Waals surface area contributed by atoms with Crippen LogP contribution in [-0.4, -0.2) is 5.11 Å². The summed E-state index contributed by atoms with van der Waals surface area (Å²) in [4.78, 5) is 0. The van der Waals surface area contributed by atoms with Crippen molar-refractivity contribution in [3.63, 3.8) is 0 Å². The summed E-state index contributed by atoms with van der Waals surface area (Å²) in [6.45, 7) is 7.97. The number of hydrogen-bond acceptors (Lipinski definition) is 1. The van der Waals surface area contributed by atoms with Crippen LogP contribution in [0.25, 0.3) is 0 Å². The predicted octanol–water partition coefficient (Wildman–Crippen LogP) is 4.58. The molecule has 0 aliphatic rings. The van der Waals surface area contributed by atoms with E-state index in [1.807, 2.05) is 36.4 Å². The molecular formula is C17H22O. The molecule has 1 nitrogen and oxygen atoms in total. The molecule has 1 rings (SSSR count). The first-order valence-electron chi connectivity index (χ1n) is 6.31. The van der Waals surface area contributed by atoms with Gasteiger partial charge >= 0.3 is 0 Å². The molecule has 1 aromatic rings. The zero-order valence-electron chi connectivity index (χ0n) is 11.3. The highest BCUT2D eigenvalue weighted by Gasteiger charge is 2.07. The van der Waals surface area contributed by atoms with Crippen molar-refractivity contribution < 1.29 is 5.11 Å². The summed E-state index contributed by atoms with van der Waals surface area (Å²) in [5.74, 6) is 0. The monoisotopic (exact) mass is 242 g/mol. The van der Waals surface area contributed by atoms with Gasteiger partial charge in [0.05, 0.1) is 6.10 Å². The normalized spacial score (nSPS) is 12.9. The van der Waals surface area contributed by atoms with Crippen LogP contribution in [0.15, 0.2) is 66.3 Å². The van der Waals surface area contributed by atoms with Crippen LogP contribution in [0, 0.1) is 0 Å². The largest absolute Gasteiger partial charge is 0.388 e. The molecule has 0 radical (unpaired) electrons. The number of allylic oxidation sites excluding steroid dienone is 4. The second kappa shape index (κ2) is 7.67. The molecule has 0 bridgehead atoms. The van der Waals surface area contributed by atoms with Crippen molar-refractivity contribution in [2.24, 2.45) is 0 Å². The second-order valence-electron chi connectivity index (χ2n) is 4.63. The van der Waals surface area contributed by atoms with Gasteiger partial charge in [0.1, 0.15) is 0 Å². The van der Waals surface area contributed by atoms with E-state index in [0.29, 0.717) is 6.42 Å². The Balaban J connectivity index is 2.63. The van der Waals surface area contributed by atoms with Gasteiger partial charge < -0.3 is 5.11 Å². The van der Waals surface area contributed by atoms with Crippen LogP contribution in [0.5, 0.6) is 0 Å². The zero-order chi connectivity index (χ0) is 13.4. The highest BCUT2D eigenvalue weighted by molar-refractivity contribution is 5.24. The van der Waals surface area contributed by atoms with Crippen molar-refractivity contribution in [1.82, 2.24) is 0 Å². The van der Waals surface area contributed by atoms with Gasteiger partial charge in [-0.05, 0) is 31.4 Å². The summed E-state index contributed by atoms with van der Waals surface area (Å²) in [6.07, 6.45) is 7.16. The van der Waals surface area contributed by atoms with Crippen molar-refractivity contribution in [2.45, 2.75) is 32.8 Å². The third-order valence-electron chi connectivity index (χ3n) is 2.78. The van der Waals surface area contributed by atoms with Crippen molar-refractivity contribution in [2.75, 3.05) is 0 Å². The topological polar surface area (TPSA) is 20.2 Å². The minimum Gasteiger partial charge on any atom is -0.388 e. The maximum atomic E-state index is 10.1. The molecule has 1 aromatic carbocycles. The summed E-state index contributed by atoms with van der Waals surface area (Å²) in [5.41, 5.74) is 3.34. The molecule has 0 aliphatic carbocycles. The highest BCUT2D eigenvalue weighted by atomic mass is 16.3. The molecule has 0 heterocycles. The van der Waals surface area contributed by atoms with Gasteiger partial charge in [0.25, 0.3) is 0 Å². The Morgan fingerprint density at radius 2 is 1.89 bits per heavy atom. The fourth-order valence-electron chi connectivity index (χ4n) is 1.71. The van der Waals surface area contributed by atoms with Gasteiger partial charge in [0, 0.05) is 6.42 Å². The van der Waals surface area contributed by atoms with E-state index in [0.717, 1.165) is 17.6 Å². The van der Waals surface area contributed by atoms with E-state index in [4.69, 9.17) is 0 Å². The average molecular weight is 242 g/mol. The van der Waals surface area contributed by atoms with E-state index in [-0.39, 0.29) is 0 Å². The lowest BCUT2D eigenvalue weighted by atomic mass is 10.0. The van der Waals surface area contributed by atoms with Gasteiger partial charge in [-0.25, -0.2) is 0 Å². The molecule has 1 unspecified atom stereocenters. The third-order valence-corrected chi connectivity index (χ3v) is 2.78. The Labute approximate surface area is 110 Å². The molecule has 0 aliphatic heterocycles. The number of rotatable bonds is 6. The smallest absolute Gasteiger partial charge is 0.0830 e. The van der Waals surface area contributed by atoms with Gasteiger partial charge in [-0.2, -0.15) is 0 Å². The molecule has 1 N–H and O–H groups in total. The molecule has 0 saturated heterocycles. The van der Waals surface area contributed by atoms with E-state index in [2.05, 4.69) is 32.6 Å². The predicted molar refractivity (Wildman–Crippen MR) is 78.3 cm³/mol. The van der Waals surface area contributed by atoms with Crippen LogP contribution in [0.4, 0.5) is 0 Å². The summed E-state index contributed by atoms with van der Waals surface area (Å²) >= 11 is 0. The van der Waals surface area contributed by atoms with Crippen LogP contribution in [-0.2, 0) is 0 Å². The fourth-order valence-corrected chi connectivity index (χ4v) is 1.71. The molecule has 0 saturated carbocycles. The maximum Gasteiger partial charge on any atom is 0.0830 e. The maximum absolute atomic E-state index is 10.1. The Morgan fingerprint density at radius 3 is 2.44 bits per heavy atom. The molecule has 0 fully saturated rings. The lowest BCUT2D eigenvalue weighted by molar-refractivity contribution is 0.179. The average Bonchev–Trinajstić information content (AvgIpc) is 2.38. The van der Waals surface area contributed by atoms with Crippen LogP contribution in [0.1, 0.15) is 38.4 Å². The first-order chi connectivity index (χ1) is 8.63. The number of benzene rings is 1. The summed E-state index contributed by atoms with van der Waals surface area (Å²) in [5, 5.41) is 10.1. The summed E-state index contributed by atoms with van der Waals surface area (Å²) in [6, 6.07) is 9.73. The molecule has 0 aromatic heterocycles. The standard InChI is InChI=1S/C17H22O/c1-4-15(10-8-9-14(2)3)13-17(18)16-11-6-5-7-12-16/h4-7,9-12,17-18H,1,8,13H2,2-3H3/b15-10+. The van der Waals surface area contributed by atoms with Crippen LogP contribution in [0.3, 0.4) is 0 Å². The quantitative estimate of drug-likeness (QED) is 0.572. The van der Waals surface area contributed by atoms with Crippen LogP contribution >= 0.6 is 0 Å². The van der Waals surface area contributed by atoms with E-state index in [9.17, 15) is 5.11 Å². The van der Waals surface area contributed by atoms with Gasteiger partial charge in [0.15, 0.2) is 0 Å². The van der Waals surface area contributed by atoms with E-state index in [1.54, 1.807) is 0 Å². The molecule has 0 spiro atoms. The minimum absolute atomic E-state index is 0.456. The number of aliphatic hydroxyl groups is 1. The van der Waals surface area contributed by atoms with Gasteiger partial charge in [0.2, 0.25) is 0 Å². The molecular weight excluding hydrogens is 220 g/mol. The van der Waals surface area contributed by atoms with Crippen molar-refractivity contribution in [3.05, 3.63) is 71.8 Å². The lowest BCUT2D eigenvalue weighted by Gasteiger charge is -2.11. The molecule has 1 heteroatoms. The van der Waals surface area contributed by atoms with Gasteiger partial charge in [-0.3, -0.25) is 0 Å².